The number of hydrogen-bond donors (Lipinski definition) is 2. The predicted molar refractivity (Wildman–Crippen MR) is 72.9 cm³/mol. The lowest BCUT2D eigenvalue weighted by Crippen LogP contribution is -2.23. The van der Waals surface area contributed by atoms with Gasteiger partial charge in [0, 0.05) is 5.56 Å². The first-order chi connectivity index (χ1) is 7.33. The van der Waals surface area contributed by atoms with Crippen LogP contribution in [0.4, 0.5) is 0 Å². The van der Waals surface area contributed by atoms with Crippen LogP contribution in [0.5, 0.6) is 11.5 Å². The molecule has 0 saturated heterocycles. The third kappa shape index (κ3) is 4.67. The highest BCUT2D eigenvalue weighted by atomic mass is 35.5. The number of ether oxygens (including phenoxy) is 1. The highest BCUT2D eigenvalue weighted by molar-refractivity contribution is 5.85. The van der Waals surface area contributed by atoms with Gasteiger partial charge in [-0.3, -0.25) is 0 Å². The molecule has 0 spiro atoms. The number of phenolic OH excluding ortho intramolecular Hbond substituents is 1. The van der Waals surface area contributed by atoms with Crippen molar-refractivity contribution in [2.75, 3.05) is 0 Å². The molecule has 0 saturated carbocycles. The van der Waals surface area contributed by atoms with Crippen molar-refractivity contribution >= 4 is 12.4 Å². The van der Waals surface area contributed by atoms with Crippen molar-refractivity contribution in [3.63, 3.8) is 0 Å². The molecule has 0 radical (unpaired) electrons. The van der Waals surface area contributed by atoms with E-state index in [0.29, 0.717) is 11.3 Å². The minimum Gasteiger partial charge on any atom is -0.508 e. The van der Waals surface area contributed by atoms with Crippen LogP contribution in [-0.2, 0) is 0 Å². The Bertz CT molecular complexity index is 385. The standard InChI is InChI=1S/C13H19NO2.ClH/c1-5-11(14)10-8-9(6-7-12(10)15)16-13(2,3)4;/h5-8,11,15H,1,14H2,2-4H3;1H/t11-;/m1./s1. The molecule has 0 amide bonds. The molecule has 96 valence electrons. The molecule has 0 heterocycles. The Morgan fingerprint density at radius 3 is 2.47 bits per heavy atom. The second kappa shape index (κ2) is 5.94. The van der Waals surface area contributed by atoms with Crippen LogP contribution in [0.1, 0.15) is 32.4 Å². The van der Waals surface area contributed by atoms with Gasteiger partial charge in [0.1, 0.15) is 17.1 Å². The van der Waals surface area contributed by atoms with Crippen molar-refractivity contribution in [1.29, 1.82) is 0 Å². The van der Waals surface area contributed by atoms with Crippen molar-refractivity contribution in [3.8, 4) is 11.5 Å². The van der Waals surface area contributed by atoms with E-state index in [1.54, 1.807) is 24.3 Å². The highest BCUT2D eigenvalue weighted by Crippen LogP contribution is 2.29. The summed E-state index contributed by atoms with van der Waals surface area (Å²) in [5.41, 5.74) is 6.14. The fraction of sp³-hybridized carbons (Fsp3) is 0.385. The fourth-order valence-corrected chi connectivity index (χ4v) is 1.34. The molecule has 0 fully saturated rings. The largest absolute Gasteiger partial charge is 0.508 e. The van der Waals surface area contributed by atoms with Crippen LogP contribution in [0.3, 0.4) is 0 Å². The van der Waals surface area contributed by atoms with Crippen LogP contribution in [-0.4, -0.2) is 10.7 Å². The first-order valence-electron chi connectivity index (χ1n) is 5.23. The van der Waals surface area contributed by atoms with Gasteiger partial charge in [0.2, 0.25) is 0 Å². The third-order valence-electron chi connectivity index (χ3n) is 2.04. The van der Waals surface area contributed by atoms with Crippen LogP contribution in [0, 0.1) is 0 Å². The predicted octanol–water partition coefficient (Wildman–Crippen LogP) is 3.18. The Morgan fingerprint density at radius 2 is 2.00 bits per heavy atom. The number of phenols is 1. The molecule has 4 heteroatoms. The molecule has 1 aromatic rings. The number of halogens is 1. The molecule has 1 aromatic carbocycles. The molecular formula is C13H20ClNO2. The number of hydrogen-bond acceptors (Lipinski definition) is 3. The van der Waals surface area contributed by atoms with Crippen molar-refractivity contribution in [1.82, 2.24) is 0 Å². The summed E-state index contributed by atoms with van der Waals surface area (Å²) in [4.78, 5) is 0. The third-order valence-corrected chi connectivity index (χ3v) is 2.04. The molecule has 0 aliphatic heterocycles. The highest BCUT2D eigenvalue weighted by Gasteiger charge is 2.14. The van der Waals surface area contributed by atoms with Gasteiger partial charge in [0.05, 0.1) is 6.04 Å². The normalized spacial score (nSPS) is 12.5. The van der Waals surface area contributed by atoms with Crippen LogP contribution < -0.4 is 10.5 Å². The molecule has 0 aromatic heterocycles. The summed E-state index contributed by atoms with van der Waals surface area (Å²) >= 11 is 0. The first kappa shape index (κ1) is 15.8. The van der Waals surface area contributed by atoms with Gasteiger partial charge in [-0.15, -0.1) is 19.0 Å². The maximum Gasteiger partial charge on any atom is 0.120 e. The lowest BCUT2D eigenvalue weighted by molar-refractivity contribution is 0.130. The maximum absolute atomic E-state index is 9.65. The molecule has 17 heavy (non-hydrogen) atoms. The minimum absolute atomic E-state index is 0. The summed E-state index contributed by atoms with van der Waals surface area (Å²) in [5.74, 6) is 0.853. The van der Waals surface area contributed by atoms with Gasteiger partial charge in [-0.05, 0) is 39.0 Å². The molecule has 0 aliphatic rings. The Labute approximate surface area is 109 Å². The van der Waals surface area contributed by atoms with E-state index in [1.807, 2.05) is 20.8 Å². The van der Waals surface area contributed by atoms with Crippen molar-refractivity contribution < 1.29 is 9.84 Å². The zero-order valence-corrected chi connectivity index (χ0v) is 11.3. The second-order valence-electron chi connectivity index (χ2n) is 4.70. The Morgan fingerprint density at radius 1 is 1.41 bits per heavy atom. The summed E-state index contributed by atoms with van der Waals surface area (Å²) < 4.78 is 5.69. The van der Waals surface area contributed by atoms with Gasteiger partial charge in [0.15, 0.2) is 0 Å². The molecule has 0 aliphatic carbocycles. The zero-order valence-electron chi connectivity index (χ0n) is 10.4. The summed E-state index contributed by atoms with van der Waals surface area (Å²) in [6.45, 7) is 9.50. The lowest BCUT2D eigenvalue weighted by atomic mass is 10.1. The van der Waals surface area contributed by atoms with E-state index in [-0.39, 0.29) is 29.8 Å². The number of rotatable bonds is 3. The average Bonchev–Trinajstić information content (AvgIpc) is 2.18. The Balaban J connectivity index is 0.00000256. The van der Waals surface area contributed by atoms with Gasteiger partial charge in [-0.1, -0.05) is 6.08 Å². The van der Waals surface area contributed by atoms with Gasteiger partial charge < -0.3 is 15.6 Å². The lowest BCUT2D eigenvalue weighted by Gasteiger charge is -2.22. The molecule has 3 N–H and O–H groups in total. The van der Waals surface area contributed by atoms with E-state index in [4.69, 9.17) is 10.5 Å². The van der Waals surface area contributed by atoms with Gasteiger partial charge in [-0.2, -0.15) is 0 Å². The van der Waals surface area contributed by atoms with E-state index in [2.05, 4.69) is 6.58 Å². The van der Waals surface area contributed by atoms with Crippen LogP contribution in [0.15, 0.2) is 30.9 Å². The smallest absolute Gasteiger partial charge is 0.120 e. The minimum atomic E-state index is -0.386. The quantitative estimate of drug-likeness (QED) is 0.818. The van der Waals surface area contributed by atoms with Gasteiger partial charge in [0.25, 0.3) is 0 Å². The summed E-state index contributed by atoms with van der Waals surface area (Å²) in [7, 11) is 0. The molecule has 0 unspecified atom stereocenters. The maximum atomic E-state index is 9.65. The molecule has 3 nitrogen and oxygen atoms in total. The summed E-state index contributed by atoms with van der Waals surface area (Å²) in [6, 6.07) is 4.66. The van der Waals surface area contributed by atoms with E-state index in [9.17, 15) is 5.11 Å². The summed E-state index contributed by atoms with van der Waals surface area (Å²) in [6.07, 6.45) is 1.58. The molecule has 0 bridgehead atoms. The average molecular weight is 258 g/mol. The molecule has 1 atom stereocenters. The number of aromatic hydroxyl groups is 1. The van der Waals surface area contributed by atoms with Crippen LogP contribution in [0.25, 0.3) is 0 Å². The second-order valence-corrected chi connectivity index (χ2v) is 4.70. The number of nitrogens with two attached hydrogens (primary N) is 1. The van der Waals surface area contributed by atoms with Crippen molar-refractivity contribution in [2.24, 2.45) is 5.73 Å². The van der Waals surface area contributed by atoms with Gasteiger partial charge in [-0.25, -0.2) is 0 Å². The summed E-state index contributed by atoms with van der Waals surface area (Å²) in [5, 5.41) is 9.65. The van der Waals surface area contributed by atoms with Crippen molar-refractivity contribution in [3.05, 3.63) is 36.4 Å². The van der Waals surface area contributed by atoms with E-state index < -0.39 is 0 Å². The monoisotopic (exact) mass is 257 g/mol. The van der Waals surface area contributed by atoms with Gasteiger partial charge >= 0.3 is 0 Å². The van der Waals surface area contributed by atoms with E-state index in [0.717, 1.165) is 0 Å². The fourth-order valence-electron chi connectivity index (χ4n) is 1.34. The molecule has 1 rings (SSSR count). The SMILES string of the molecule is C=C[C@@H](N)c1cc(OC(C)(C)C)ccc1O.Cl. The van der Waals surface area contributed by atoms with E-state index >= 15 is 0 Å². The van der Waals surface area contributed by atoms with Crippen molar-refractivity contribution in [2.45, 2.75) is 32.4 Å². The van der Waals surface area contributed by atoms with Crippen LogP contribution in [0.2, 0.25) is 0 Å². The van der Waals surface area contributed by atoms with E-state index in [1.165, 1.54) is 0 Å². The molecular weight excluding hydrogens is 238 g/mol. The Kier molecular flexibility index (Phi) is 5.52. The first-order valence-corrected chi connectivity index (χ1v) is 5.23. The van der Waals surface area contributed by atoms with Crippen LogP contribution >= 0.6 is 12.4 Å². The Hall–Kier alpha value is -1.19. The topological polar surface area (TPSA) is 55.5 Å². The zero-order chi connectivity index (χ0) is 12.3. The number of benzene rings is 1.